The molecular formula is C28H31NO2. The molecule has 0 heterocycles. The topological polar surface area (TPSA) is 37.4 Å². The number of rotatable bonds is 11. The number of aldehydes is 1. The number of likely N-dealkylation sites (N-methyl/N-ethyl adjacent to an activating group) is 1. The smallest absolute Gasteiger partial charge is 0.226 e. The lowest BCUT2D eigenvalue weighted by atomic mass is 9.88. The van der Waals surface area contributed by atoms with Crippen LogP contribution in [0.4, 0.5) is 0 Å². The Balaban J connectivity index is 1.54. The van der Waals surface area contributed by atoms with E-state index in [9.17, 15) is 9.59 Å². The second kappa shape index (κ2) is 11.8. The van der Waals surface area contributed by atoms with E-state index >= 15 is 0 Å². The fourth-order valence-corrected chi connectivity index (χ4v) is 3.83. The summed E-state index contributed by atoms with van der Waals surface area (Å²) in [6, 6.07) is 29.0. The van der Waals surface area contributed by atoms with E-state index < -0.39 is 0 Å². The highest BCUT2D eigenvalue weighted by atomic mass is 16.2. The summed E-state index contributed by atoms with van der Waals surface area (Å²) in [6.07, 6.45) is 4.59. The second-order valence-electron chi connectivity index (χ2n) is 8.10. The average Bonchev–Trinajstić information content (AvgIpc) is 2.82. The lowest BCUT2D eigenvalue weighted by molar-refractivity contribution is -0.129. The van der Waals surface area contributed by atoms with Gasteiger partial charge >= 0.3 is 0 Å². The monoisotopic (exact) mass is 413 g/mol. The molecule has 0 N–H and O–H groups in total. The third kappa shape index (κ3) is 7.21. The van der Waals surface area contributed by atoms with Gasteiger partial charge in [0.15, 0.2) is 0 Å². The van der Waals surface area contributed by atoms with E-state index in [1.165, 1.54) is 16.7 Å². The predicted molar refractivity (Wildman–Crippen MR) is 126 cm³/mol. The van der Waals surface area contributed by atoms with Gasteiger partial charge in [0.2, 0.25) is 5.91 Å². The molecule has 0 saturated heterocycles. The van der Waals surface area contributed by atoms with Gasteiger partial charge in [-0.3, -0.25) is 4.79 Å². The Morgan fingerprint density at radius 2 is 1.45 bits per heavy atom. The van der Waals surface area contributed by atoms with E-state index in [2.05, 4.69) is 48.5 Å². The van der Waals surface area contributed by atoms with Crippen LogP contribution in [0.2, 0.25) is 0 Å². The molecule has 0 aliphatic rings. The van der Waals surface area contributed by atoms with Crippen LogP contribution in [-0.2, 0) is 28.9 Å². The number of hydrogen-bond donors (Lipinski definition) is 0. The molecule has 0 aromatic heterocycles. The first kappa shape index (κ1) is 22.5. The molecule has 3 heteroatoms. The molecule has 0 aliphatic heterocycles. The maximum atomic E-state index is 12.6. The molecule has 3 rings (SSSR count). The van der Waals surface area contributed by atoms with Crippen LogP contribution >= 0.6 is 0 Å². The zero-order valence-corrected chi connectivity index (χ0v) is 18.2. The molecule has 0 saturated carbocycles. The highest BCUT2D eigenvalue weighted by Crippen LogP contribution is 2.25. The predicted octanol–water partition coefficient (Wildman–Crippen LogP) is 5.24. The first-order chi connectivity index (χ1) is 15.2. The third-order valence-electron chi connectivity index (χ3n) is 5.77. The summed E-state index contributed by atoms with van der Waals surface area (Å²) in [7, 11) is 1.87. The molecule has 1 amide bonds. The van der Waals surface area contributed by atoms with Crippen LogP contribution in [0.5, 0.6) is 0 Å². The maximum absolute atomic E-state index is 12.6. The van der Waals surface area contributed by atoms with Gasteiger partial charge in [-0.2, -0.15) is 0 Å². The van der Waals surface area contributed by atoms with Crippen molar-refractivity contribution in [1.29, 1.82) is 0 Å². The van der Waals surface area contributed by atoms with Crippen molar-refractivity contribution in [3.05, 3.63) is 107 Å². The largest absolute Gasteiger partial charge is 0.345 e. The lowest BCUT2D eigenvalue weighted by Crippen LogP contribution is -2.30. The molecule has 3 aromatic rings. The first-order valence-electron chi connectivity index (χ1n) is 11.0. The Labute approximate surface area is 185 Å². The minimum Gasteiger partial charge on any atom is -0.345 e. The van der Waals surface area contributed by atoms with Gasteiger partial charge in [-0.05, 0) is 47.4 Å². The van der Waals surface area contributed by atoms with Crippen molar-refractivity contribution in [2.24, 2.45) is 0 Å². The molecule has 3 aromatic carbocycles. The van der Waals surface area contributed by atoms with Gasteiger partial charge in [-0.1, -0.05) is 84.9 Å². The molecule has 1 atom stereocenters. The van der Waals surface area contributed by atoms with Gasteiger partial charge < -0.3 is 9.69 Å². The SMILES string of the molecule is CN(CCc1ccccc1)C(=O)Cc1ccc(CC(CCC=O)c2ccccc2)cc1. The Morgan fingerprint density at radius 3 is 2.10 bits per heavy atom. The van der Waals surface area contributed by atoms with Crippen molar-refractivity contribution in [1.82, 2.24) is 4.90 Å². The molecule has 31 heavy (non-hydrogen) atoms. The fraction of sp³-hybridized carbons (Fsp3) is 0.286. The number of benzene rings is 3. The highest BCUT2D eigenvalue weighted by Gasteiger charge is 2.13. The standard InChI is InChI=1S/C28H31NO2/c1-29(19-18-23-9-4-2-5-10-23)28(31)22-25-16-14-24(15-17-25)21-27(13-8-20-30)26-11-6-3-7-12-26/h2-7,9-12,14-17,20,27H,8,13,18-19,21-22H2,1H3. The molecule has 160 valence electrons. The van der Waals surface area contributed by atoms with Crippen molar-refractivity contribution in [2.45, 2.75) is 38.0 Å². The Hall–Kier alpha value is -3.20. The molecule has 0 bridgehead atoms. The van der Waals surface area contributed by atoms with Crippen LogP contribution in [0.1, 0.15) is 41.0 Å². The minimum absolute atomic E-state index is 0.136. The van der Waals surface area contributed by atoms with Crippen molar-refractivity contribution in [2.75, 3.05) is 13.6 Å². The van der Waals surface area contributed by atoms with E-state index in [0.29, 0.717) is 18.8 Å². The quantitative estimate of drug-likeness (QED) is 0.403. The van der Waals surface area contributed by atoms with Crippen molar-refractivity contribution in [3.63, 3.8) is 0 Å². The highest BCUT2D eigenvalue weighted by molar-refractivity contribution is 5.78. The van der Waals surface area contributed by atoms with Crippen LogP contribution < -0.4 is 0 Å². The summed E-state index contributed by atoms with van der Waals surface area (Å²) < 4.78 is 0. The molecule has 0 radical (unpaired) electrons. The van der Waals surface area contributed by atoms with Gasteiger partial charge in [0.1, 0.15) is 6.29 Å². The second-order valence-corrected chi connectivity index (χ2v) is 8.10. The molecular weight excluding hydrogens is 382 g/mol. The van der Waals surface area contributed by atoms with Crippen molar-refractivity contribution >= 4 is 12.2 Å². The van der Waals surface area contributed by atoms with Gasteiger partial charge in [0.25, 0.3) is 0 Å². The van der Waals surface area contributed by atoms with Crippen LogP contribution in [0.3, 0.4) is 0 Å². The zero-order chi connectivity index (χ0) is 21.9. The van der Waals surface area contributed by atoms with E-state index in [-0.39, 0.29) is 5.91 Å². The normalized spacial score (nSPS) is 11.6. The molecule has 0 fully saturated rings. The molecule has 1 unspecified atom stereocenters. The van der Waals surface area contributed by atoms with Crippen molar-refractivity contribution < 1.29 is 9.59 Å². The van der Waals surface area contributed by atoms with Crippen LogP contribution in [-0.4, -0.2) is 30.7 Å². The summed E-state index contributed by atoms with van der Waals surface area (Å²) in [6.45, 7) is 0.719. The maximum Gasteiger partial charge on any atom is 0.226 e. The summed E-state index contributed by atoms with van der Waals surface area (Å²) >= 11 is 0. The fourth-order valence-electron chi connectivity index (χ4n) is 3.83. The van der Waals surface area contributed by atoms with Gasteiger partial charge in [-0.25, -0.2) is 0 Å². The van der Waals surface area contributed by atoms with Crippen LogP contribution in [0, 0.1) is 0 Å². The number of carbonyl (C=O) groups excluding carboxylic acids is 2. The Bertz CT molecular complexity index is 936. The van der Waals surface area contributed by atoms with E-state index in [1.54, 1.807) is 0 Å². The summed E-state index contributed by atoms with van der Waals surface area (Å²) in [4.78, 5) is 25.3. The Kier molecular flexibility index (Phi) is 8.59. The molecule has 3 nitrogen and oxygen atoms in total. The van der Waals surface area contributed by atoms with Crippen LogP contribution in [0.15, 0.2) is 84.9 Å². The number of amides is 1. The summed E-state index contributed by atoms with van der Waals surface area (Å²) in [5.41, 5.74) is 4.77. The van der Waals surface area contributed by atoms with Crippen LogP contribution in [0.25, 0.3) is 0 Å². The van der Waals surface area contributed by atoms with Gasteiger partial charge in [0, 0.05) is 20.0 Å². The number of nitrogens with zero attached hydrogens (tertiary/aromatic N) is 1. The number of hydrogen-bond acceptors (Lipinski definition) is 2. The van der Waals surface area contributed by atoms with E-state index in [0.717, 1.165) is 37.7 Å². The Morgan fingerprint density at radius 1 is 0.839 bits per heavy atom. The van der Waals surface area contributed by atoms with E-state index in [1.807, 2.05) is 48.3 Å². The molecule has 0 aliphatic carbocycles. The molecule has 0 spiro atoms. The average molecular weight is 414 g/mol. The first-order valence-corrected chi connectivity index (χ1v) is 11.0. The summed E-state index contributed by atoms with van der Waals surface area (Å²) in [5, 5.41) is 0. The van der Waals surface area contributed by atoms with E-state index in [4.69, 9.17) is 0 Å². The van der Waals surface area contributed by atoms with Gasteiger partial charge in [-0.15, -0.1) is 0 Å². The number of carbonyl (C=O) groups is 2. The van der Waals surface area contributed by atoms with Gasteiger partial charge in [0.05, 0.1) is 6.42 Å². The lowest BCUT2D eigenvalue weighted by Gasteiger charge is -2.18. The van der Waals surface area contributed by atoms with Crippen molar-refractivity contribution in [3.8, 4) is 0 Å². The third-order valence-corrected chi connectivity index (χ3v) is 5.77. The zero-order valence-electron chi connectivity index (χ0n) is 18.2. The summed E-state index contributed by atoms with van der Waals surface area (Å²) in [5.74, 6) is 0.458. The minimum atomic E-state index is 0.136.